The topological polar surface area (TPSA) is 125 Å². The summed E-state index contributed by atoms with van der Waals surface area (Å²) in [6.45, 7) is 0.992. The van der Waals surface area contributed by atoms with E-state index in [1.54, 1.807) is 0 Å². The molecule has 1 heterocycles. The van der Waals surface area contributed by atoms with E-state index < -0.39 is 15.9 Å². The molecular formula is C12H17N3O4S. The van der Waals surface area contributed by atoms with Gasteiger partial charge in [0.2, 0.25) is 15.9 Å². The van der Waals surface area contributed by atoms with E-state index in [1.165, 1.54) is 18.2 Å². The molecule has 0 aromatic heterocycles. The molecule has 1 saturated heterocycles. The summed E-state index contributed by atoms with van der Waals surface area (Å²) in [4.78, 5) is 11.0. The number of carbonyl (C=O) groups excluding carboxylic acids is 1. The van der Waals surface area contributed by atoms with Gasteiger partial charge in [0.1, 0.15) is 4.90 Å². The summed E-state index contributed by atoms with van der Waals surface area (Å²) in [6, 6.07) is 3.62. The van der Waals surface area contributed by atoms with Gasteiger partial charge in [-0.3, -0.25) is 4.79 Å². The number of hydrogen-bond acceptors (Lipinski definition) is 5. The Hall–Kier alpha value is -1.64. The van der Waals surface area contributed by atoms with Crippen molar-refractivity contribution in [1.82, 2.24) is 4.72 Å². The van der Waals surface area contributed by atoms with E-state index in [1.807, 2.05) is 0 Å². The third-order valence-corrected chi connectivity index (χ3v) is 4.66. The monoisotopic (exact) mass is 299 g/mol. The van der Waals surface area contributed by atoms with Crippen molar-refractivity contribution >= 4 is 21.6 Å². The van der Waals surface area contributed by atoms with Crippen LogP contribution in [0.5, 0.6) is 0 Å². The number of anilines is 1. The summed E-state index contributed by atoms with van der Waals surface area (Å²) in [5.74, 6) is -0.658. The van der Waals surface area contributed by atoms with Gasteiger partial charge in [0.15, 0.2) is 0 Å². The van der Waals surface area contributed by atoms with Crippen LogP contribution in [0.15, 0.2) is 23.1 Å². The summed E-state index contributed by atoms with van der Waals surface area (Å²) >= 11 is 0. The normalized spacial score (nSPS) is 19.7. The minimum atomic E-state index is -3.74. The number of sulfonamides is 1. The Balaban J connectivity index is 2.22. The second kappa shape index (κ2) is 5.78. The van der Waals surface area contributed by atoms with Gasteiger partial charge >= 0.3 is 0 Å². The lowest BCUT2D eigenvalue weighted by Gasteiger charge is -2.23. The average molecular weight is 299 g/mol. The molecule has 7 nitrogen and oxygen atoms in total. The molecule has 0 saturated carbocycles. The maximum atomic E-state index is 12.2. The molecule has 8 heteroatoms. The molecular weight excluding hydrogens is 282 g/mol. The number of hydrogen-bond donors (Lipinski definition) is 3. The van der Waals surface area contributed by atoms with E-state index in [-0.39, 0.29) is 22.2 Å². The Morgan fingerprint density at radius 1 is 1.40 bits per heavy atom. The third-order valence-electron chi connectivity index (χ3n) is 3.07. The first-order chi connectivity index (χ1) is 9.40. The number of nitrogens with one attached hydrogen (secondary N) is 1. The van der Waals surface area contributed by atoms with E-state index in [0.717, 1.165) is 12.8 Å². The van der Waals surface area contributed by atoms with Crippen LogP contribution in [0.3, 0.4) is 0 Å². The summed E-state index contributed by atoms with van der Waals surface area (Å²) in [5, 5.41) is 0. The predicted molar refractivity (Wildman–Crippen MR) is 73.5 cm³/mol. The van der Waals surface area contributed by atoms with Crippen molar-refractivity contribution in [3.63, 3.8) is 0 Å². The van der Waals surface area contributed by atoms with E-state index in [4.69, 9.17) is 16.2 Å². The Kier molecular flexibility index (Phi) is 4.26. The SMILES string of the molecule is NC(=O)c1ccc(S(=O)(=O)NC2CCCOC2)c(N)c1. The van der Waals surface area contributed by atoms with Gasteiger partial charge < -0.3 is 16.2 Å². The number of primary amides is 1. The Morgan fingerprint density at radius 2 is 2.15 bits per heavy atom. The zero-order chi connectivity index (χ0) is 14.8. The largest absolute Gasteiger partial charge is 0.398 e. The van der Waals surface area contributed by atoms with Crippen LogP contribution in [-0.2, 0) is 14.8 Å². The van der Waals surface area contributed by atoms with Gasteiger partial charge in [-0.25, -0.2) is 13.1 Å². The number of amides is 1. The lowest BCUT2D eigenvalue weighted by molar-refractivity contribution is 0.0774. The molecule has 0 spiro atoms. The van der Waals surface area contributed by atoms with Crippen LogP contribution in [-0.4, -0.2) is 33.6 Å². The van der Waals surface area contributed by atoms with Gasteiger partial charge in [0.25, 0.3) is 0 Å². The molecule has 2 rings (SSSR count). The first-order valence-corrected chi connectivity index (χ1v) is 7.68. The van der Waals surface area contributed by atoms with Crippen molar-refractivity contribution in [3.05, 3.63) is 23.8 Å². The number of benzene rings is 1. The smallest absolute Gasteiger partial charge is 0.248 e. The van der Waals surface area contributed by atoms with Crippen LogP contribution < -0.4 is 16.2 Å². The highest BCUT2D eigenvalue weighted by Crippen LogP contribution is 2.21. The van der Waals surface area contributed by atoms with Gasteiger partial charge in [-0.1, -0.05) is 0 Å². The zero-order valence-electron chi connectivity index (χ0n) is 10.8. The summed E-state index contributed by atoms with van der Waals surface area (Å²) in [6.07, 6.45) is 1.53. The zero-order valence-corrected chi connectivity index (χ0v) is 11.7. The van der Waals surface area contributed by atoms with Crippen molar-refractivity contribution < 1.29 is 17.9 Å². The Bertz CT molecular complexity index is 609. The van der Waals surface area contributed by atoms with Crippen molar-refractivity contribution in [1.29, 1.82) is 0 Å². The van der Waals surface area contributed by atoms with Crippen LogP contribution in [0.25, 0.3) is 0 Å². The third kappa shape index (κ3) is 3.27. The standard InChI is InChI=1S/C12H17N3O4S/c13-10-6-8(12(14)16)3-4-11(10)20(17,18)15-9-2-1-5-19-7-9/h3-4,6,9,15H,1-2,5,7,13H2,(H2,14,16). The summed E-state index contributed by atoms with van der Waals surface area (Å²) < 4.78 is 32.3. The van der Waals surface area contributed by atoms with Crippen LogP contribution in [0.4, 0.5) is 5.69 Å². The van der Waals surface area contributed by atoms with Crippen molar-refractivity contribution in [2.45, 2.75) is 23.8 Å². The minimum absolute atomic E-state index is 0.00877. The first kappa shape index (κ1) is 14.8. The molecule has 1 aromatic rings. The minimum Gasteiger partial charge on any atom is -0.398 e. The molecule has 20 heavy (non-hydrogen) atoms. The number of nitrogens with two attached hydrogens (primary N) is 2. The predicted octanol–water partition coefficient (Wildman–Crippen LogP) is -0.175. The van der Waals surface area contributed by atoms with Gasteiger partial charge in [-0.15, -0.1) is 0 Å². The van der Waals surface area contributed by atoms with Crippen molar-refractivity contribution in [2.24, 2.45) is 5.73 Å². The number of rotatable bonds is 4. The maximum Gasteiger partial charge on any atom is 0.248 e. The highest BCUT2D eigenvalue weighted by atomic mass is 32.2. The van der Waals surface area contributed by atoms with Gasteiger partial charge in [-0.05, 0) is 31.0 Å². The molecule has 1 aliphatic heterocycles. The average Bonchev–Trinajstić information content (AvgIpc) is 2.38. The summed E-state index contributed by atoms with van der Waals surface area (Å²) in [5.41, 5.74) is 11.0. The fourth-order valence-corrected chi connectivity index (χ4v) is 3.43. The fraction of sp³-hybridized carbons (Fsp3) is 0.417. The van der Waals surface area contributed by atoms with Crippen LogP contribution in [0.2, 0.25) is 0 Å². The molecule has 0 bridgehead atoms. The Morgan fingerprint density at radius 3 is 2.70 bits per heavy atom. The summed E-state index contributed by atoms with van der Waals surface area (Å²) in [7, 11) is -3.74. The maximum absolute atomic E-state index is 12.2. The molecule has 5 N–H and O–H groups in total. The fourth-order valence-electron chi connectivity index (χ4n) is 2.06. The lowest BCUT2D eigenvalue weighted by Crippen LogP contribution is -2.40. The van der Waals surface area contributed by atoms with Crippen LogP contribution in [0, 0.1) is 0 Å². The molecule has 1 aliphatic rings. The first-order valence-electron chi connectivity index (χ1n) is 6.19. The van der Waals surface area contributed by atoms with Crippen molar-refractivity contribution in [3.8, 4) is 0 Å². The molecule has 1 atom stereocenters. The van der Waals surface area contributed by atoms with Crippen molar-refractivity contribution in [2.75, 3.05) is 18.9 Å². The molecule has 1 fully saturated rings. The lowest BCUT2D eigenvalue weighted by atomic mass is 10.1. The molecule has 1 aromatic carbocycles. The second-order valence-corrected chi connectivity index (χ2v) is 6.33. The number of ether oxygens (including phenoxy) is 1. The van der Waals surface area contributed by atoms with E-state index >= 15 is 0 Å². The van der Waals surface area contributed by atoms with Crippen LogP contribution in [0.1, 0.15) is 23.2 Å². The quantitative estimate of drug-likeness (QED) is 0.665. The molecule has 1 unspecified atom stereocenters. The van der Waals surface area contributed by atoms with E-state index in [0.29, 0.717) is 13.2 Å². The van der Waals surface area contributed by atoms with Gasteiger partial charge in [0.05, 0.1) is 12.3 Å². The highest BCUT2D eigenvalue weighted by molar-refractivity contribution is 7.89. The van der Waals surface area contributed by atoms with Crippen LogP contribution >= 0.6 is 0 Å². The molecule has 0 aliphatic carbocycles. The number of carbonyl (C=O) groups is 1. The molecule has 1 amide bonds. The van der Waals surface area contributed by atoms with Gasteiger partial charge in [-0.2, -0.15) is 0 Å². The Labute approximate surface area is 117 Å². The molecule has 110 valence electrons. The van der Waals surface area contributed by atoms with E-state index in [9.17, 15) is 13.2 Å². The van der Waals surface area contributed by atoms with Gasteiger partial charge in [0, 0.05) is 18.2 Å². The highest BCUT2D eigenvalue weighted by Gasteiger charge is 2.24. The van der Waals surface area contributed by atoms with E-state index in [2.05, 4.69) is 4.72 Å². The number of nitrogen functional groups attached to an aromatic ring is 1. The molecule has 0 radical (unpaired) electrons. The second-order valence-electron chi connectivity index (χ2n) is 4.65.